The molecule has 2 aliphatic rings. The minimum absolute atomic E-state index is 0.0313. The molecule has 2 heterocycles. The Morgan fingerprint density at radius 1 is 1.29 bits per heavy atom. The van der Waals surface area contributed by atoms with Crippen LogP contribution in [0.1, 0.15) is 26.7 Å². The third kappa shape index (κ3) is 2.29. The first-order valence-corrected chi connectivity index (χ1v) is 6.30. The third-order valence-corrected chi connectivity index (χ3v) is 4.07. The summed E-state index contributed by atoms with van der Waals surface area (Å²) in [5.41, 5.74) is 0. The van der Waals surface area contributed by atoms with Gasteiger partial charge in [0.2, 0.25) is 11.8 Å². The summed E-state index contributed by atoms with van der Waals surface area (Å²) in [4.78, 5) is 27.7. The Morgan fingerprint density at radius 3 is 2.65 bits per heavy atom. The summed E-state index contributed by atoms with van der Waals surface area (Å²) in [7, 11) is 2.11. The van der Waals surface area contributed by atoms with Crippen molar-refractivity contribution in [3.05, 3.63) is 0 Å². The first-order chi connectivity index (χ1) is 8.00. The highest BCUT2D eigenvalue weighted by Crippen LogP contribution is 2.23. The zero-order valence-electron chi connectivity index (χ0n) is 10.8. The minimum atomic E-state index is -0.322. The van der Waals surface area contributed by atoms with E-state index in [9.17, 15) is 9.59 Å². The molecule has 3 atom stereocenters. The fourth-order valence-corrected chi connectivity index (χ4v) is 2.78. The zero-order valence-corrected chi connectivity index (χ0v) is 10.8. The molecule has 5 nitrogen and oxygen atoms in total. The fraction of sp³-hybridized carbons (Fsp3) is 0.833. The molecule has 1 N–H and O–H groups in total. The van der Waals surface area contributed by atoms with Crippen molar-refractivity contribution in [2.45, 2.75) is 44.8 Å². The van der Waals surface area contributed by atoms with Crippen LogP contribution in [0.5, 0.6) is 0 Å². The van der Waals surface area contributed by atoms with E-state index in [-0.39, 0.29) is 30.4 Å². The van der Waals surface area contributed by atoms with Crippen molar-refractivity contribution in [2.75, 3.05) is 20.1 Å². The second kappa shape index (κ2) is 4.64. The smallest absolute Gasteiger partial charge is 0.242 e. The normalized spacial score (nSPS) is 35.9. The van der Waals surface area contributed by atoms with E-state index in [0.717, 1.165) is 19.4 Å². The van der Waals surface area contributed by atoms with Gasteiger partial charge in [-0.3, -0.25) is 9.59 Å². The Morgan fingerprint density at radius 2 is 2.00 bits per heavy atom. The highest BCUT2D eigenvalue weighted by atomic mass is 16.2. The summed E-state index contributed by atoms with van der Waals surface area (Å²) in [6, 6.07) is 0.366. The van der Waals surface area contributed by atoms with Crippen molar-refractivity contribution >= 4 is 11.8 Å². The van der Waals surface area contributed by atoms with E-state index in [1.54, 1.807) is 4.90 Å². The Bertz CT molecular complexity index is 332. The second-order valence-electron chi connectivity index (χ2n) is 5.20. The highest BCUT2D eigenvalue weighted by molar-refractivity contribution is 5.94. The molecule has 0 aromatic heterocycles. The maximum Gasteiger partial charge on any atom is 0.242 e. The number of carbonyl (C=O) groups is 2. The molecule has 0 aliphatic carbocycles. The number of carbonyl (C=O) groups excluding carboxylic acids is 2. The predicted octanol–water partition coefficient (Wildman–Crippen LogP) is -0.184. The first kappa shape index (κ1) is 12.4. The monoisotopic (exact) mass is 239 g/mol. The van der Waals surface area contributed by atoms with Gasteiger partial charge in [-0.25, -0.2) is 0 Å². The average molecular weight is 239 g/mol. The highest BCUT2D eigenvalue weighted by Gasteiger charge is 2.38. The molecule has 96 valence electrons. The van der Waals surface area contributed by atoms with Gasteiger partial charge in [-0.05, 0) is 33.7 Å². The van der Waals surface area contributed by atoms with Crippen LogP contribution in [0.2, 0.25) is 0 Å². The molecule has 0 spiro atoms. The van der Waals surface area contributed by atoms with Crippen LogP contribution in [0.25, 0.3) is 0 Å². The number of hydrogen-bond acceptors (Lipinski definition) is 3. The van der Waals surface area contributed by atoms with E-state index in [4.69, 9.17) is 0 Å². The number of piperidine rings is 1. The maximum absolute atomic E-state index is 11.9. The Balaban J connectivity index is 2.09. The molecule has 2 amide bonds. The molecule has 0 aromatic rings. The summed E-state index contributed by atoms with van der Waals surface area (Å²) in [6.07, 6.45) is 1.92. The Labute approximate surface area is 102 Å². The zero-order chi connectivity index (χ0) is 12.6. The van der Waals surface area contributed by atoms with Crippen LogP contribution < -0.4 is 5.32 Å². The molecule has 0 aromatic carbocycles. The molecule has 3 unspecified atom stereocenters. The van der Waals surface area contributed by atoms with Crippen LogP contribution >= 0.6 is 0 Å². The summed E-state index contributed by atoms with van der Waals surface area (Å²) in [5.74, 6) is 0.0232. The van der Waals surface area contributed by atoms with Gasteiger partial charge < -0.3 is 15.1 Å². The van der Waals surface area contributed by atoms with E-state index >= 15 is 0 Å². The average Bonchev–Trinajstić information content (AvgIpc) is 2.29. The largest absolute Gasteiger partial charge is 0.345 e. The van der Waals surface area contributed by atoms with Crippen LogP contribution in [-0.4, -0.2) is 59.9 Å². The molecule has 5 heteroatoms. The van der Waals surface area contributed by atoms with E-state index in [1.807, 2.05) is 6.92 Å². The van der Waals surface area contributed by atoms with Gasteiger partial charge in [0.1, 0.15) is 6.04 Å². The van der Waals surface area contributed by atoms with Gasteiger partial charge in [-0.1, -0.05) is 0 Å². The van der Waals surface area contributed by atoms with Crippen LogP contribution in [0, 0.1) is 0 Å². The summed E-state index contributed by atoms with van der Waals surface area (Å²) in [6.45, 7) is 5.13. The van der Waals surface area contributed by atoms with E-state index < -0.39 is 0 Å². The SMILES string of the molecule is CC1CC(N2C(=O)CNC(=O)C2C)CCN1C. The number of rotatable bonds is 1. The van der Waals surface area contributed by atoms with Crippen LogP contribution in [0.15, 0.2) is 0 Å². The van der Waals surface area contributed by atoms with E-state index in [1.165, 1.54) is 0 Å². The van der Waals surface area contributed by atoms with E-state index in [2.05, 4.69) is 24.2 Å². The van der Waals surface area contributed by atoms with Crippen molar-refractivity contribution in [2.24, 2.45) is 0 Å². The quantitative estimate of drug-likeness (QED) is 0.690. The van der Waals surface area contributed by atoms with Crippen molar-refractivity contribution in [1.82, 2.24) is 15.1 Å². The molecule has 0 saturated carbocycles. The Kier molecular flexibility index (Phi) is 3.38. The van der Waals surface area contributed by atoms with Gasteiger partial charge in [0, 0.05) is 18.6 Å². The number of piperazine rings is 1. The lowest BCUT2D eigenvalue weighted by Crippen LogP contribution is -2.62. The number of nitrogens with one attached hydrogen (secondary N) is 1. The summed E-state index contributed by atoms with van der Waals surface area (Å²) >= 11 is 0. The van der Waals surface area contributed by atoms with Gasteiger partial charge >= 0.3 is 0 Å². The lowest BCUT2D eigenvalue weighted by Gasteiger charge is -2.44. The second-order valence-corrected chi connectivity index (χ2v) is 5.20. The maximum atomic E-state index is 11.9. The van der Waals surface area contributed by atoms with Crippen molar-refractivity contribution in [3.63, 3.8) is 0 Å². The van der Waals surface area contributed by atoms with E-state index in [0.29, 0.717) is 6.04 Å². The topological polar surface area (TPSA) is 52.7 Å². The number of amides is 2. The molecular formula is C12H21N3O2. The van der Waals surface area contributed by atoms with Crippen LogP contribution in [0.3, 0.4) is 0 Å². The van der Waals surface area contributed by atoms with Crippen molar-refractivity contribution in [3.8, 4) is 0 Å². The molecule has 2 rings (SSSR count). The van der Waals surface area contributed by atoms with Gasteiger partial charge in [0.15, 0.2) is 0 Å². The summed E-state index contributed by atoms with van der Waals surface area (Å²) in [5, 5.41) is 2.63. The standard InChI is InChI=1S/C12H21N3O2/c1-8-6-10(4-5-14(8)3)15-9(2)12(17)13-7-11(15)16/h8-10H,4-7H2,1-3H3,(H,13,17). The first-order valence-electron chi connectivity index (χ1n) is 6.30. The third-order valence-electron chi connectivity index (χ3n) is 4.07. The van der Waals surface area contributed by atoms with Crippen LogP contribution in [0.4, 0.5) is 0 Å². The minimum Gasteiger partial charge on any atom is -0.345 e. The molecule has 17 heavy (non-hydrogen) atoms. The van der Waals surface area contributed by atoms with Gasteiger partial charge in [0.25, 0.3) is 0 Å². The predicted molar refractivity (Wildman–Crippen MR) is 64.4 cm³/mol. The van der Waals surface area contributed by atoms with Gasteiger partial charge in [-0.2, -0.15) is 0 Å². The number of nitrogens with zero attached hydrogens (tertiary/aromatic N) is 2. The van der Waals surface area contributed by atoms with Gasteiger partial charge in [0.05, 0.1) is 6.54 Å². The van der Waals surface area contributed by atoms with Gasteiger partial charge in [-0.15, -0.1) is 0 Å². The number of likely N-dealkylation sites (tertiary alicyclic amines) is 1. The molecular weight excluding hydrogens is 218 g/mol. The number of hydrogen-bond donors (Lipinski definition) is 1. The lowest BCUT2D eigenvalue weighted by molar-refractivity contribution is -0.149. The molecule has 2 aliphatic heterocycles. The fourth-order valence-electron chi connectivity index (χ4n) is 2.78. The summed E-state index contributed by atoms with van der Waals surface area (Å²) < 4.78 is 0. The lowest BCUT2D eigenvalue weighted by atomic mass is 9.95. The van der Waals surface area contributed by atoms with Crippen molar-refractivity contribution < 1.29 is 9.59 Å². The molecule has 2 saturated heterocycles. The Hall–Kier alpha value is -1.10. The van der Waals surface area contributed by atoms with Crippen LogP contribution in [-0.2, 0) is 9.59 Å². The molecule has 0 bridgehead atoms. The molecule has 0 radical (unpaired) electrons. The van der Waals surface area contributed by atoms with Crippen molar-refractivity contribution in [1.29, 1.82) is 0 Å². The molecule has 2 fully saturated rings.